The molecule has 0 aromatic heterocycles. The zero-order valence-corrected chi connectivity index (χ0v) is 9.77. The first-order valence-corrected chi connectivity index (χ1v) is 6.71. The van der Waals surface area contributed by atoms with Crippen LogP contribution in [-0.4, -0.2) is 35.1 Å². The lowest BCUT2D eigenvalue weighted by Crippen LogP contribution is -2.51. The summed E-state index contributed by atoms with van der Waals surface area (Å²) in [4.78, 5) is 13.6. The number of carbonyl (C=O) groups is 1. The highest BCUT2D eigenvalue weighted by molar-refractivity contribution is 5.72. The first-order chi connectivity index (χ1) is 7.74. The number of hydrogen-bond acceptors (Lipinski definition) is 2. The molecule has 0 aliphatic heterocycles. The lowest BCUT2D eigenvalue weighted by molar-refractivity contribution is -0.149. The molecule has 2 atom stereocenters. The monoisotopic (exact) mass is 223 g/mol. The van der Waals surface area contributed by atoms with Crippen molar-refractivity contribution >= 4 is 5.97 Å². The number of aliphatic carboxylic acids is 1. The minimum atomic E-state index is -0.576. The van der Waals surface area contributed by atoms with E-state index in [4.69, 9.17) is 5.11 Å². The molecule has 16 heavy (non-hydrogen) atoms. The Labute approximate surface area is 96.8 Å². The van der Waals surface area contributed by atoms with E-state index in [1.54, 1.807) is 0 Å². The molecule has 0 spiro atoms. The van der Waals surface area contributed by atoms with Gasteiger partial charge < -0.3 is 5.11 Å². The van der Waals surface area contributed by atoms with E-state index in [1.165, 1.54) is 38.8 Å². The fraction of sp³-hybridized carbons (Fsp3) is 0.923. The van der Waals surface area contributed by atoms with Crippen molar-refractivity contribution in [2.45, 2.75) is 44.6 Å². The molecule has 3 aliphatic carbocycles. The van der Waals surface area contributed by atoms with Crippen molar-refractivity contribution in [2.75, 3.05) is 13.1 Å². The Bertz CT molecular complexity index is 270. The van der Waals surface area contributed by atoms with E-state index < -0.39 is 5.97 Å². The molecule has 0 aromatic rings. The lowest BCUT2D eigenvalue weighted by atomic mass is 9.78. The number of carboxylic acids is 1. The van der Waals surface area contributed by atoms with E-state index in [1.807, 2.05) is 0 Å². The molecular formula is C13H21NO2. The van der Waals surface area contributed by atoms with Crippen LogP contribution in [0.1, 0.15) is 38.5 Å². The molecule has 2 unspecified atom stereocenters. The van der Waals surface area contributed by atoms with Gasteiger partial charge in [0.15, 0.2) is 0 Å². The molecule has 0 bridgehead atoms. The second-order valence-corrected chi connectivity index (χ2v) is 5.93. The Morgan fingerprint density at radius 2 is 1.56 bits per heavy atom. The summed E-state index contributed by atoms with van der Waals surface area (Å²) < 4.78 is 0. The molecule has 0 radical (unpaired) electrons. The topological polar surface area (TPSA) is 40.5 Å². The maximum atomic E-state index is 11.1. The van der Waals surface area contributed by atoms with Gasteiger partial charge in [-0.1, -0.05) is 0 Å². The Balaban J connectivity index is 1.58. The van der Waals surface area contributed by atoms with Crippen molar-refractivity contribution in [2.24, 2.45) is 17.8 Å². The predicted molar refractivity (Wildman–Crippen MR) is 61.2 cm³/mol. The van der Waals surface area contributed by atoms with Crippen LogP contribution < -0.4 is 0 Å². The first-order valence-electron chi connectivity index (χ1n) is 6.71. The molecule has 3 rings (SSSR count). The Hall–Kier alpha value is -0.570. The Kier molecular flexibility index (Phi) is 2.66. The van der Waals surface area contributed by atoms with Crippen LogP contribution in [0.25, 0.3) is 0 Å². The predicted octanol–water partition coefficient (Wildman–Crippen LogP) is 1.97. The molecule has 0 saturated heterocycles. The summed E-state index contributed by atoms with van der Waals surface area (Å²) in [5, 5.41) is 9.13. The summed E-state index contributed by atoms with van der Waals surface area (Å²) in [5.74, 6) is 1.12. The van der Waals surface area contributed by atoms with Gasteiger partial charge in [-0.25, -0.2) is 0 Å². The zero-order valence-electron chi connectivity index (χ0n) is 9.77. The maximum Gasteiger partial charge on any atom is 0.308 e. The van der Waals surface area contributed by atoms with E-state index in [-0.39, 0.29) is 5.92 Å². The number of hydrogen-bond donors (Lipinski definition) is 1. The van der Waals surface area contributed by atoms with Crippen molar-refractivity contribution in [3.05, 3.63) is 0 Å². The highest BCUT2D eigenvalue weighted by atomic mass is 16.4. The summed E-state index contributed by atoms with van der Waals surface area (Å²) >= 11 is 0. The molecular weight excluding hydrogens is 202 g/mol. The van der Waals surface area contributed by atoms with Gasteiger partial charge in [0.2, 0.25) is 0 Å². The van der Waals surface area contributed by atoms with Crippen LogP contribution in [0, 0.1) is 17.8 Å². The van der Waals surface area contributed by atoms with Crippen LogP contribution in [0.15, 0.2) is 0 Å². The van der Waals surface area contributed by atoms with Crippen LogP contribution in [0.5, 0.6) is 0 Å². The highest BCUT2D eigenvalue weighted by Gasteiger charge is 2.43. The van der Waals surface area contributed by atoms with Gasteiger partial charge in [-0.2, -0.15) is 0 Å². The fourth-order valence-corrected chi connectivity index (χ4v) is 2.82. The molecule has 90 valence electrons. The van der Waals surface area contributed by atoms with Crippen LogP contribution in [0.4, 0.5) is 0 Å². The largest absolute Gasteiger partial charge is 0.481 e. The maximum absolute atomic E-state index is 11.1. The summed E-state index contributed by atoms with van der Waals surface area (Å²) in [7, 11) is 0. The number of carboxylic acid groups (broad SMARTS) is 1. The Morgan fingerprint density at radius 1 is 1.00 bits per heavy atom. The molecule has 0 heterocycles. The average molecular weight is 223 g/mol. The third-order valence-electron chi connectivity index (χ3n) is 4.40. The molecule has 0 amide bonds. The summed E-state index contributed by atoms with van der Waals surface area (Å²) in [6, 6.07) is 0.360. The number of nitrogens with zero attached hydrogens (tertiary/aromatic N) is 1. The molecule has 3 fully saturated rings. The zero-order chi connectivity index (χ0) is 11.1. The van der Waals surface area contributed by atoms with Gasteiger partial charge in [0, 0.05) is 19.1 Å². The van der Waals surface area contributed by atoms with Gasteiger partial charge in [-0.3, -0.25) is 9.69 Å². The molecule has 3 aliphatic rings. The van der Waals surface area contributed by atoms with Crippen molar-refractivity contribution in [3.63, 3.8) is 0 Å². The van der Waals surface area contributed by atoms with Crippen molar-refractivity contribution in [1.82, 2.24) is 4.90 Å². The fourth-order valence-electron chi connectivity index (χ4n) is 2.82. The van der Waals surface area contributed by atoms with E-state index in [0.717, 1.165) is 24.7 Å². The average Bonchev–Trinajstić information content (AvgIpc) is 2.94. The van der Waals surface area contributed by atoms with Gasteiger partial charge >= 0.3 is 5.97 Å². The molecule has 3 nitrogen and oxygen atoms in total. The number of rotatable bonds is 6. The highest BCUT2D eigenvalue weighted by Crippen LogP contribution is 2.39. The molecule has 3 saturated carbocycles. The van der Waals surface area contributed by atoms with E-state index in [2.05, 4.69) is 4.90 Å². The molecule has 0 aromatic carbocycles. The smallest absolute Gasteiger partial charge is 0.308 e. The van der Waals surface area contributed by atoms with Gasteiger partial charge in [0.25, 0.3) is 0 Å². The first kappa shape index (κ1) is 10.6. The molecule has 1 N–H and O–H groups in total. The minimum absolute atomic E-state index is 0.0718. The second kappa shape index (κ2) is 4.02. The van der Waals surface area contributed by atoms with Crippen LogP contribution in [0.3, 0.4) is 0 Å². The van der Waals surface area contributed by atoms with Crippen LogP contribution >= 0.6 is 0 Å². The Morgan fingerprint density at radius 3 is 1.88 bits per heavy atom. The SMILES string of the molecule is O=C(O)C1CCC1N(CC1CC1)CC1CC1. The summed E-state index contributed by atoms with van der Waals surface area (Å²) in [6.07, 6.45) is 7.47. The minimum Gasteiger partial charge on any atom is -0.481 e. The lowest BCUT2D eigenvalue weighted by Gasteiger charge is -2.42. The quantitative estimate of drug-likeness (QED) is 0.748. The van der Waals surface area contributed by atoms with Crippen molar-refractivity contribution < 1.29 is 9.90 Å². The third kappa shape index (κ3) is 2.24. The third-order valence-corrected chi connectivity index (χ3v) is 4.40. The van der Waals surface area contributed by atoms with Crippen LogP contribution in [0.2, 0.25) is 0 Å². The summed E-state index contributed by atoms with van der Waals surface area (Å²) in [6.45, 7) is 2.34. The normalized spacial score (nSPS) is 33.8. The standard InChI is InChI=1S/C13H21NO2/c15-13(16)11-5-6-12(11)14(7-9-1-2-9)8-10-3-4-10/h9-12H,1-8H2,(H,15,16). The summed E-state index contributed by atoms with van der Waals surface area (Å²) in [5.41, 5.74) is 0. The van der Waals surface area contributed by atoms with Gasteiger partial charge in [-0.05, 0) is 50.4 Å². The second-order valence-electron chi connectivity index (χ2n) is 5.93. The van der Waals surface area contributed by atoms with E-state index >= 15 is 0 Å². The van der Waals surface area contributed by atoms with E-state index in [0.29, 0.717) is 6.04 Å². The molecule has 3 heteroatoms. The van der Waals surface area contributed by atoms with Gasteiger partial charge in [0.05, 0.1) is 5.92 Å². The van der Waals surface area contributed by atoms with Crippen molar-refractivity contribution in [3.8, 4) is 0 Å². The van der Waals surface area contributed by atoms with Crippen molar-refractivity contribution in [1.29, 1.82) is 0 Å². The van der Waals surface area contributed by atoms with Crippen LogP contribution in [-0.2, 0) is 4.79 Å². The van der Waals surface area contributed by atoms with Gasteiger partial charge in [0.1, 0.15) is 0 Å². The van der Waals surface area contributed by atoms with Gasteiger partial charge in [-0.15, -0.1) is 0 Å². The van der Waals surface area contributed by atoms with E-state index in [9.17, 15) is 4.79 Å².